The lowest BCUT2D eigenvalue weighted by Gasteiger charge is -2.35. The first-order chi connectivity index (χ1) is 17.0. The van der Waals surface area contributed by atoms with E-state index in [2.05, 4.69) is 13.8 Å². The summed E-state index contributed by atoms with van der Waals surface area (Å²) in [5.74, 6) is 2.07. The molecule has 0 atom stereocenters. The molecule has 182 valence electrons. The Morgan fingerprint density at radius 1 is 0.914 bits per heavy atom. The number of aromatic nitrogens is 1. The van der Waals surface area contributed by atoms with Crippen LogP contribution in [0.25, 0.3) is 22.2 Å². The first-order valence-electron chi connectivity index (χ1n) is 12.4. The van der Waals surface area contributed by atoms with Crippen molar-refractivity contribution in [2.45, 2.75) is 26.7 Å². The molecule has 2 aliphatic rings. The van der Waals surface area contributed by atoms with E-state index in [0.29, 0.717) is 68.7 Å². The average molecular weight is 474 g/mol. The number of pyridine rings is 1. The van der Waals surface area contributed by atoms with E-state index in [4.69, 9.17) is 14.5 Å². The zero-order valence-corrected chi connectivity index (χ0v) is 20.3. The topological polar surface area (TPSA) is 72.0 Å². The summed E-state index contributed by atoms with van der Waals surface area (Å²) < 4.78 is 11.4. The molecule has 1 fully saturated rings. The highest BCUT2D eigenvalue weighted by Crippen LogP contribution is 2.35. The molecule has 3 heterocycles. The minimum atomic E-state index is -0.0309. The van der Waals surface area contributed by atoms with E-state index >= 15 is 0 Å². The fraction of sp³-hybridized carbons (Fsp3) is 0.393. The van der Waals surface area contributed by atoms with Gasteiger partial charge in [-0.05, 0) is 42.7 Å². The van der Waals surface area contributed by atoms with Gasteiger partial charge in [0.1, 0.15) is 13.2 Å². The number of amides is 2. The molecular formula is C28H31N3O4. The van der Waals surface area contributed by atoms with Crippen LogP contribution in [0.4, 0.5) is 0 Å². The van der Waals surface area contributed by atoms with Crippen molar-refractivity contribution >= 4 is 22.7 Å². The maximum absolute atomic E-state index is 13.7. The highest BCUT2D eigenvalue weighted by atomic mass is 16.6. The van der Waals surface area contributed by atoms with E-state index in [9.17, 15) is 9.59 Å². The number of hydrogen-bond acceptors (Lipinski definition) is 5. The van der Waals surface area contributed by atoms with Crippen molar-refractivity contribution < 1.29 is 19.1 Å². The van der Waals surface area contributed by atoms with Crippen LogP contribution in [0.5, 0.6) is 11.5 Å². The highest BCUT2D eigenvalue weighted by Gasteiger charge is 2.26. The lowest BCUT2D eigenvalue weighted by molar-refractivity contribution is -0.132. The van der Waals surface area contributed by atoms with Gasteiger partial charge in [-0.3, -0.25) is 9.59 Å². The van der Waals surface area contributed by atoms with Gasteiger partial charge in [-0.2, -0.15) is 0 Å². The number of hydrogen-bond donors (Lipinski definition) is 0. The quantitative estimate of drug-likeness (QED) is 0.550. The van der Waals surface area contributed by atoms with Crippen molar-refractivity contribution in [3.63, 3.8) is 0 Å². The van der Waals surface area contributed by atoms with Gasteiger partial charge in [0.25, 0.3) is 5.91 Å². The molecule has 0 unspecified atom stereocenters. The summed E-state index contributed by atoms with van der Waals surface area (Å²) in [5.41, 5.74) is 2.98. The third-order valence-electron chi connectivity index (χ3n) is 6.64. The molecule has 0 saturated carbocycles. The van der Waals surface area contributed by atoms with Gasteiger partial charge in [0, 0.05) is 43.5 Å². The molecular weight excluding hydrogens is 442 g/mol. The Morgan fingerprint density at radius 2 is 1.63 bits per heavy atom. The van der Waals surface area contributed by atoms with E-state index in [1.54, 1.807) is 0 Å². The Hall–Kier alpha value is -3.61. The number of rotatable bonds is 5. The molecule has 2 amide bonds. The number of nitrogens with zero attached hydrogens (tertiary/aromatic N) is 3. The smallest absolute Gasteiger partial charge is 0.254 e. The minimum Gasteiger partial charge on any atom is -0.486 e. The monoisotopic (exact) mass is 473 g/mol. The van der Waals surface area contributed by atoms with E-state index in [-0.39, 0.29) is 11.8 Å². The third-order valence-corrected chi connectivity index (χ3v) is 6.64. The number of carbonyl (C=O) groups is 2. The molecule has 2 aromatic carbocycles. The van der Waals surface area contributed by atoms with Crippen molar-refractivity contribution in [3.05, 3.63) is 54.1 Å². The Balaban J connectivity index is 1.39. The Labute approximate surface area is 205 Å². The summed E-state index contributed by atoms with van der Waals surface area (Å²) in [6.07, 6.45) is 1.46. The van der Waals surface area contributed by atoms with Gasteiger partial charge in [-0.1, -0.05) is 32.0 Å². The molecule has 3 aromatic rings. The van der Waals surface area contributed by atoms with Gasteiger partial charge in [0.2, 0.25) is 5.91 Å². The number of para-hydroxylation sites is 1. The molecule has 1 saturated heterocycles. The van der Waals surface area contributed by atoms with Gasteiger partial charge >= 0.3 is 0 Å². The maximum atomic E-state index is 13.7. The number of carbonyl (C=O) groups excluding carboxylic acids is 2. The maximum Gasteiger partial charge on any atom is 0.254 e. The fourth-order valence-corrected chi connectivity index (χ4v) is 4.60. The minimum absolute atomic E-state index is 0.0309. The molecule has 1 aromatic heterocycles. The second kappa shape index (κ2) is 9.94. The zero-order valence-electron chi connectivity index (χ0n) is 20.3. The second-order valence-corrected chi connectivity index (χ2v) is 9.54. The summed E-state index contributed by atoms with van der Waals surface area (Å²) >= 11 is 0. The van der Waals surface area contributed by atoms with E-state index in [1.165, 1.54) is 0 Å². The van der Waals surface area contributed by atoms with Crippen molar-refractivity contribution in [1.29, 1.82) is 0 Å². The Kier molecular flexibility index (Phi) is 6.57. The summed E-state index contributed by atoms with van der Waals surface area (Å²) in [5, 5.41) is 0.828. The van der Waals surface area contributed by atoms with Crippen LogP contribution in [-0.4, -0.2) is 66.0 Å². The standard InChI is InChI=1S/C28H31N3O4/c1-19(2)7-10-27(32)30-11-13-31(14-12-30)28(33)22-18-24(29-23-6-4-3-5-21(22)23)20-8-9-25-26(17-20)35-16-15-34-25/h3-6,8-9,17-19H,7,10-16H2,1-2H3. The normalized spacial score (nSPS) is 15.5. The van der Waals surface area contributed by atoms with Crippen LogP contribution in [-0.2, 0) is 4.79 Å². The van der Waals surface area contributed by atoms with Gasteiger partial charge in [-0.15, -0.1) is 0 Å². The molecule has 0 bridgehead atoms. The summed E-state index contributed by atoms with van der Waals surface area (Å²) in [4.78, 5) is 34.8. The SMILES string of the molecule is CC(C)CCC(=O)N1CCN(C(=O)c2cc(-c3ccc4c(c3)OCCO4)nc3ccccc23)CC1. The summed E-state index contributed by atoms with van der Waals surface area (Å²) in [6.45, 7) is 7.50. The molecule has 7 nitrogen and oxygen atoms in total. The molecule has 2 aliphatic heterocycles. The van der Waals surface area contributed by atoms with Crippen molar-refractivity contribution in [2.75, 3.05) is 39.4 Å². The van der Waals surface area contributed by atoms with E-state index in [0.717, 1.165) is 28.6 Å². The molecule has 0 spiro atoms. The van der Waals surface area contributed by atoms with Crippen LogP contribution in [0.2, 0.25) is 0 Å². The number of ether oxygens (including phenoxy) is 2. The van der Waals surface area contributed by atoms with Crippen molar-refractivity contribution in [1.82, 2.24) is 14.8 Å². The van der Waals surface area contributed by atoms with Gasteiger partial charge < -0.3 is 19.3 Å². The highest BCUT2D eigenvalue weighted by molar-refractivity contribution is 6.07. The lowest BCUT2D eigenvalue weighted by Crippen LogP contribution is -2.50. The Bertz CT molecular complexity index is 1250. The first-order valence-corrected chi connectivity index (χ1v) is 12.4. The molecule has 7 heteroatoms. The lowest BCUT2D eigenvalue weighted by atomic mass is 10.0. The van der Waals surface area contributed by atoms with Gasteiger partial charge in [0.15, 0.2) is 11.5 Å². The van der Waals surface area contributed by atoms with Gasteiger partial charge in [0.05, 0.1) is 16.8 Å². The van der Waals surface area contributed by atoms with E-state index in [1.807, 2.05) is 58.3 Å². The van der Waals surface area contributed by atoms with Crippen LogP contribution in [0, 0.1) is 5.92 Å². The van der Waals surface area contributed by atoms with Crippen LogP contribution >= 0.6 is 0 Å². The number of fused-ring (bicyclic) bond motifs is 2. The van der Waals surface area contributed by atoms with Gasteiger partial charge in [-0.25, -0.2) is 4.98 Å². The van der Waals surface area contributed by atoms with E-state index < -0.39 is 0 Å². The summed E-state index contributed by atoms with van der Waals surface area (Å²) in [6, 6.07) is 15.3. The average Bonchev–Trinajstić information content (AvgIpc) is 2.90. The van der Waals surface area contributed by atoms with Crippen LogP contribution in [0.1, 0.15) is 37.0 Å². The third kappa shape index (κ3) is 4.94. The number of benzene rings is 2. The second-order valence-electron chi connectivity index (χ2n) is 9.54. The summed E-state index contributed by atoms with van der Waals surface area (Å²) in [7, 11) is 0. The first kappa shape index (κ1) is 23.1. The predicted octanol–water partition coefficient (Wildman–Crippen LogP) is 4.39. The predicted molar refractivity (Wildman–Crippen MR) is 135 cm³/mol. The van der Waals surface area contributed by atoms with Crippen molar-refractivity contribution in [3.8, 4) is 22.8 Å². The Morgan fingerprint density at radius 3 is 2.40 bits per heavy atom. The van der Waals surface area contributed by atoms with Crippen LogP contribution < -0.4 is 9.47 Å². The van der Waals surface area contributed by atoms with Crippen molar-refractivity contribution in [2.24, 2.45) is 5.92 Å². The molecule has 0 aliphatic carbocycles. The molecule has 35 heavy (non-hydrogen) atoms. The zero-order chi connectivity index (χ0) is 24.4. The fourth-order valence-electron chi connectivity index (χ4n) is 4.60. The molecule has 0 radical (unpaired) electrons. The van der Waals surface area contributed by atoms with Crippen LogP contribution in [0.3, 0.4) is 0 Å². The van der Waals surface area contributed by atoms with Crippen LogP contribution in [0.15, 0.2) is 48.5 Å². The molecule has 0 N–H and O–H groups in total. The number of piperazine rings is 1. The largest absolute Gasteiger partial charge is 0.486 e. The molecule has 5 rings (SSSR count).